The zero-order chi connectivity index (χ0) is 27.1. The van der Waals surface area contributed by atoms with E-state index in [-0.39, 0.29) is 12.2 Å². The molecule has 2 aromatic rings. The SMILES string of the molecule is COc1ccnc(C(=O)N[C@H]2COC(=O)C(Cc3ccccc3)[C@@H](OC(=O)C(C)C)[C@H](C)OC2=O)c1O. The maximum Gasteiger partial charge on any atom is 0.332 e. The zero-order valence-electron chi connectivity index (χ0n) is 21.0. The summed E-state index contributed by atoms with van der Waals surface area (Å²) in [6.07, 6.45) is -0.766. The molecular weight excluding hydrogens is 484 g/mol. The number of benzene rings is 1. The van der Waals surface area contributed by atoms with E-state index in [4.69, 9.17) is 18.9 Å². The van der Waals surface area contributed by atoms with Crippen molar-refractivity contribution in [2.24, 2.45) is 11.8 Å². The molecule has 198 valence electrons. The maximum absolute atomic E-state index is 13.2. The third-order valence-electron chi connectivity index (χ3n) is 5.79. The number of esters is 3. The Balaban J connectivity index is 1.87. The number of nitrogens with zero attached hydrogens (tertiary/aromatic N) is 1. The molecule has 0 radical (unpaired) electrons. The van der Waals surface area contributed by atoms with Crippen molar-refractivity contribution in [1.82, 2.24) is 10.3 Å². The highest BCUT2D eigenvalue weighted by molar-refractivity contribution is 5.98. The van der Waals surface area contributed by atoms with E-state index in [9.17, 15) is 24.3 Å². The molecule has 37 heavy (non-hydrogen) atoms. The summed E-state index contributed by atoms with van der Waals surface area (Å²) in [5.41, 5.74) is 0.398. The number of carbonyl (C=O) groups excluding carboxylic acids is 4. The number of aromatic nitrogens is 1. The van der Waals surface area contributed by atoms with E-state index in [1.54, 1.807) is 13.8 Å². The average molecular weight is 515 g/mol. The predicted molar refractivity (Wildman–Crippen MR) is 129 cm³/mol. The molecule has 0 saturated carbocycles. The number of aromatic hydroxyl groups is 1. The third-order valence-corrected chi connectivity index (χ3v) is 5.79. The lowest BCUT2D eigenvalue weighted by Crippen LogP contribution is -2.47. The Morgan fingerprint density at radius 1 is 1.16 bits per heavy atom. The van der Waals surface area contributed by atoms with Gasteiger partial charge in [-0.3, -0.25) is 14.4 Å². The van der Waals surface area contributed by atoms with Gasteiger partial charge in [0.25, 0.3) is 5.91 Å². The van der Waals surface area contributed by atoms with Crippen LogP contribution in [-0.2, 0) is 35.0 Å². The largest absolute Gasteiger partial charge is 0.503 e. The number of rotatable bonds is 7. The van der Waals surface area contributed by atoms with E-state index >= 15 is 0 Å². The number of carbonyl (C=O) groups is 4. The predicted octanol–water partition coefficient (Wildman–Crippen LogP) is 1.81. The van der Waals surface area contributed by atoms with E-state index in [0.717, 1.165) is 5.56 Å². The summed E-state index contributed by atoms with van der Waals surface area (Å²) in [4.78, 5) is 55.3. The van der Waals surface area contributed by atoms with Crippen LogP contribution in [-0.4, -0.2) is 65.9 Å². The van der Waals surface area contributed by atoms with Crippen LogP contribution in [0.15, 0.2) is 42.6 Å². The van der Waals surface area contributed by atoms with Crippen molar-refractivity contribution in [1.29, 1.82) is 0 Å². The molecule has 4 atom stereocenters. The Kier molecular flexibility index (Phi) is 9.05. The molecule has 1 aliphatic heterocycles. The summed E-state index contributed by atoms with van der Waals surface area (Å²) in [5.74, 6) is -5.10. The van der Waals surface area contributed by atoms with Crippen molar-refractivity contribution in [3.63, 3.8) is 0 Å². The van der Waals surface area contributed by atoms with E-state index in [1.165, 1.54) is 26.3 Å². The summed E-state index contributed by atoms with van der Waals surface area (Å²) in [6.45, 7) is 4.25. The van der Waals surface area contributed by atoms with Gasteiger partial charge >= 0.3 is 17.9 Å². The van der Waals surface area contributed by atoms with Crippen LogP contribution in [0.5, 0.6) is 11.5 Å². The van der Waals surface area contributed by atoms with Gasteiger partial charge in [-0.05, 0) is 18.9 Å². The lowest BCUT2D eigenvalue weighted by molar-refractivity contribution is -0.176. The lowest BCUT2D eigenvalue weighted by Gasteiger charge is -2.29. The number of hydrogen-bond acceptors (Lipinski definition) is 10. The molecule has 3 rings (SSSR count). The first-order valence-electron chi connectivity index (χ1n) is 11.8. The van der Waals surface area contributed by atoms with E-state index in [0.29, 0.717) is 0 Å². The number of amides is 1. The van der Waals surface area contributed by atoms with Gasteiger partial charge in [0.1, 0.15) is 18.6 Å². The van der Waals surface area contributed by atoms with Gasteiger partial charge in [-0.1, -0.05) is 44.2 Å². The first kappa shape index (κ1) is 27.4. The summed E-state index contributed by atoms with van der Waals surface area (Å²) < 4.78 is 21.5. The standard InChI is InChI=1S/C26H30N2O9/c1-14(2)24(31)37-22-15(3)36-26(33)18(28-23(30)20-21(29)19(34-4)10-11-27-20)13-35-25(32)17(22)12-16-8-6-5-7-9-16/h5-11,14-15,17-18,22,29H,12-13H2,1-4H3,(H,28,30)/t15-,17?,18-,22-/m0/s1. The smallest absolute Gasteiger partial charge is 0.332 e. The van der Waals surface area contributed by atoms with Crippen LogP contribution in [0, 0.1) is 11.8 Å². The second-order valence-corrected chi connectivity index (χ2v) is 8.86. The molecule has 0 aliphatic carbocycles. The molecule has 2 heterocycles. The van der Waals surface area contributed by atoms with Gasteiger partial charge in [-0.25, -0.2) is 9.78 Å². The van der Waals surface area contributed by atoms with E-state index < -0.39 is 72.0 Å². The molecule has 1 aromatic carbocycles. The second-order valence-electron chi connectivity index (χ2n) is 8.86. The van der Waals surface area contributed by atoms with Gasteiger partial charge in [0, 0.05) is 12.3 Å². The molecule has 1 amide bonds. The number of methoxy groups -OCH3 is 1. The normalized spacial score (nSPS) is 22.1. The molecule has 1 aromatic heterocycles. The Labute approximate surface area is 214 Å². The number of hydrogen-bond donors (Lipinski definition) is 2. The minimum absolute atomic E-state index is 0.0100. The molecule has 11 heteroatoms. The topological polar surface area (TPSA) is 150 Å². The molecule has 1 fully saturated rings. The minimum atomic E-state index is -1.41. The molecule has 1 unspecified atom stereocenters. The van der Waals surface area contributed by atoms with Gasteiger partial charge < -0.3 is 29.4 Å². The molecule has 1 aliphatic rings. The fourth-order valence-corrected chi connectivity index (χ4v) is 3.74. The third kappa shape index (κ3) is 6.75. The van der Waals surface area contributed by atoms with Gasteiger partial charge in [-0.15, -0.1) is 0 Å². The van der Waals surface area contributed by atoms with Gasteiger partial charge in [0.05, 0.1) is 13.0 Å². The lowest BCUT2D eigenvalue weighted by atomic mass is 9.91. The van der Waals surface area contributed by atoms with Crippen molar-refractivity contribution < 1.29 is 43.2 Å². The first-order chi connectivity index (χ1) is 17.6. The maximum atomic E-state index is 13.2. The fourth-order valence-electron chi connectivity index (χ4n) is 3.74. The van der Waals surface area contributed by atoms with Crippen molar-refractivity contribution in [2.45, 2.75) is 45.4 Å². The summed E-state index contributed by atoms with van der Waals surface area (Å²) in [5, 5.41) is 12.6. The molecule has 0 spiro atoms. The summed E-state index contributed by atoms with van der Waals surface area (Å²) >= 11 is 0. The van der Waals surface area contributed by atoms with Gasteiger partial charge in [-0.2, -0.15) is 0 Å². The van der Waals surface area contributed by atoms with Crippen molar-refractivity contribution in [3.8, 4) is 11.5 Å². The number of nitrogens with one attached hydrogen (secondary N) is 1. The quantitative estimate of drug-likeness (QED) is 0.414. The molecular formula is C26H30N2O9. The van der Waals surface area contributed by atoms with E-state index in [1.807, 2.05) is 30.3 Å². The van der Waals surface area contributed by atoms with Gasteiger partial charge in [0.2, 0.25) is 0 Å². The van der Waals surface area contributed by atoms with Crippen LogP contribution in [0.4, 0.5) is 0 Å². The highest BCUT2D eigenvalue weighted by Crippen LogP contribution is 2.28. The van der Waals surface area contributed by atoms with Crippen LogP contribution >= 0.6 is 0 Å². The zero-order valence-corrected chi connectivity index (χ0v) is 21.0. The number of cyclic esters (lactones) is 2. The van der Waals surface area contributed by atoms with Crippen LogP contribution in [0.2, 0.25) is 0 Å². The van der Waals surface area contributed by atoms with Crippen molar-refractivity contribution >= 4 is 23.8 Å². The summed E-state index contributed by atoms with van der Waals surface area (Å²) in [7, 11) is 1.31. The minimum Gasteiger partial charge on any atom is -0.503 e. The Morgan fingerprint density at radius 3 is 2.51 bits per heavy atom. The second kappa shape index (κ2) is 12.2. The monoisotopic (exact) mass is 514 g/mol. The molecule has 0 bridgehead atoms. The Bertz CT molecular complexity index is 1140. The van der Waals surface area contributed by atoms with Crippen molar-refractivity contribution in [2.75, 3.05) is 13.7 Å². The Hall–Kier alpha value is -4.15. The van der Waals surface area contributed by atoms with Crippen molar-refractivity contribution in [3.05, 3.63) is 53.9 Å². The first-order valence-corrected chi connectivity index (χ1v) is 11.8. The average Bonchev–Trinajstić information content (AvgIpc) is 2.91. The molecule has 2 N–H and O–H groups in total. The van der Waals surface area contributed by atoms with Crippen LogP contribution in [0.3, 0.4) is 0 Å². The highest BCUT2D eigenvalue weighted by Gasteiger charge is 2.42. The number of pyridine rings is 1. The van der Waals surface area contributed by atoms with Crippen LogP contribution in [0.1, 0.15) is 36.8 Å². The van der Waals surface area contributed by atoms with Crippen LogP contribution < -0.4 is 10.1 Å². The van der Waals surface area contributed by atoms with Crippen LogP contribution in [0.25, 0.3) is 0 Å². The number of ether oxygens (including phenoxy) is 4. The fraction of sp³-hybridized carbons (Fsp3) is 0.423. The summed E-state index contributed by atoms with van der Waals surface area (Å²) in [6, 6.07) is 9.01. The van der Waals surface area contributed by atoms with E-state index in [2.05, 4.69) is 10.3 Å². The highest BCUT2D eigenvalue weighted by atomic mass is 16.6. The Morgan fingerprint density at radius 2 is 1.86 bits per heavy atom. The molecule has 1 saturated heterocycles. The van der Waals surface area contributed by atoms with Gasteiger partial charge in [0.15, 0.2) is 29.3 Å². The molecule has 11 nitrogen and oxygen atoms in total.